The number of nitrogens with two attached hydrogens (primary N) is 1. The number of likely N-dealkylation sites (N-methyl/N-ethyl adjacent to an activating group) is 1. The van der Waals surface area contributed by atoms with Crippen molar-refractivity contribution in [2.45, 2.75) is 13.0 Å². The molecule has 1 rings (SSSR count). The van der Waals surface area contributed by atoms with Crippen LogP contribution in [-0.4, -0.2) is 68.7 Å². The molecule has 0 aromatic carbocycles. The highest BCUT2D eigenvalue weighted by Crippen LogP contribution is 2.13. The van der Waals surface area contributed by atoms with Crippen LogP contribution < -0.4 is 5.73 Å². The van der Waals surface area contributed by atoms with Gasteiger partial charge in [0.25, 0.3) is 0 Å². The third-order valence-electron chi connectivity index (χ3n) is 3.04. The minimum Gasteiger partial charge on any atom is -0.383 e. The molecule has 0 aliphatic carbocycles. The highest BCUT2D eigenvalue weighted by atomic mass is 16.5. The van der Waals surface area contributed by atoms with Crippen LogP contribution in [0.2, 0.25) is 0 Å². The Hall–Kier alpha value is -0.650. The first kappa shape index (κ1) is 13.4. The molecule has 1 amide bonds. The van der Waals surface area contributed by atoms with Gasteiger partial charge in [0.15, 0.2) is 0 Å². The molecule has 2 unspecified atom stereocenters. The fourth-order valence-corrected chi connectivity index (χ4v) is 2.26. The van der Waals surface area contributed by atoms with Crippen LogP contribution in [0, 0.1) is 5.92 Å². The number of rotatable bonds is 4. The Morgan fingerprint density at radius 1 is 1.50 bits per heavy atom. The van der Waals surface area contributed by atoms with Crippen LogP contribution in [0.4, 0.5) is 0 Å². The normalized spacial score (nSPS) is 28.2. The molecular formula is C11H23N3O2. The van der Waals surface area contributed by atoms with Crippen molar-refractivity contribution in [3.63, 3.8) is 0 Å². The number of amides is 1. The van der Waals surface area contributed by atoms with Crippen molar-refractivity contribution in [1.82, 2.24) is 9.80 Å². The third kappa shape index (κ3) is 3.17. The zero-order chi connectivity index (χ0) is 12.1. The minimum atomic E-state index is -0.190. The molecule has 0 saturated carbocycles. The van der Waals surface area contributed by atoms with Gasteiger partial charge in [0.2, 0.25) is 5.91 Å². The first-order valence-corrected chi connectivity index (χ1v) is 5.78. The maximum absolute atomic E-state index is 12.1. The maximum atomic E-state index is 12.1. The second-order valence-corrected chi connectivity index (χ2v) is 4.56. The molecule has 1 fully saturated rings. The van der Waals surface area contributed by atoms with Gasteiger partial charge in [-0.2, -0.15) is 0 Å². The van der Waals surface area contributed by atoms with Gasteiger partial charge in [-0.05, 0) is 5.92 Å². The van der Waals surface area contributed by atoms with Gasteiger partial charge < -0.3 is 15.4 Å². The van der Waals surface area contributed by atoms with E-state index in [0.717, 1.165) is 19.6 Å². The van der Waals surface area contributed by atoms with Gasteiger partial charge in [-0.15, -0.1) is 0 Å². The van der Waals surface area contributed by atoms with Crippen molar-refractivity contribution in [2.24, 2.45) is 11.7 Å². The molecule has 5 heteroatoms. The van der Waals surface area contributed by atoms with Gasteiger partial charge >= 0.3 is 0 Å². The molecule has 16 heavy (non-hydrogen) atoms. The smallest absolute Gasteiger partial charge is 0.240 e. The highest BCUT2D eigenvalue weighted by molar-refractivity contribution is 5.82. The van der Waals surface area contributed by atoms with Crippen molar-refractivity contribution in [1.29, 1.82) is 0 Å². The molecule has 1 aliphatic heterocycles. The summed E-state index contributed by atoms with van der Waals surface area (Å²) in [6, 6.07) is -0.190. The van der Waals surface area contributed by atoms with Gasteiger partial charge in [0.05, 0.1) is 6.61 Å². The van der Waals surface area contributed by atoms with Gasteiger partial charge in [0, 0.05) is 40.3 Å². The average Bonchev–Trinajstić information content (AvgIpc) is 2.34. The second-order valence-electron chi connectivity index (χ2n) is 4.56. The van der Waals surface area contributed by atoms with Crippen LogP contribution in [0.5, 0.6) is 0 Å². The summed E-state index contributed by atoms with van der Waals surface area (Å²) in [6.07, 6.45) is 0. The van der Waals surface area contributed by atoms with Crippen molar-refractivity contribution < 1.29 is 9.53 Å². The van der Waals surface area contributed by atoms with Crippen molar-refractivity contribution in [2.75, 3.05) is 46.9 Å². The van der Waals surface area contributed by atoms with Crippen LogP contribution in [0.1, 0.15) is 6.92 Å². The van der Waals surface area contributed by atoms with Gasteiger partial charge in [0.1, 0.15) is 6.04 Å². The lowest BCUT2D eigenvalue weighted by atomic mass is 10.1. The fourth-order valence-electron chi connectivity index (χ4n) is 2.26. The highest BCUT2D eigenvalue weighted by Gasteiger charge is 2.31. The summed E-state index contributed by atoms with van der Waals surface area (Å²) in [6.45, 7) is 5.64. The zero-order valence-corrected chi connectivity index (χ0v) is 10.5. The van der Waals surface area contributed by atoms with E-state index < -0.39 is 0 Å². The van der Waals surface area contributed by atoms with Gasteiger partial charge in [-0.25, -0.2) is 0 Å². The Morgan fingerprint density at radius 2 is 2.19 bits per heavy atom. The van der Waals surface area contributed by atoms with E-state index in [9.17, 15) is 4.79 Å². The number of hydrogen-bond acceptors (Lipinski definition) is 4. The molecule has 1 saturated heterocycles. The Bertz CT molecular complexity index is 235. The van der Waals surface area contributed by atoms with Crippen LogP contribution in [0.25, 0.3) is 0 Å². The Balaban J connectivity index is 2.73. The van der Waals surface area contributed by atoms with E-state index in [-0.39, 0.29) is 11.9 Å². The van der Waals surface area contributed by atoms with E-state index in [1.165, 1.54) is 0 Å². The SMILES string of the molecule is COCCN1CC(C)CN(C)C(=O)C1CN. The van der Waals surface area contributed by atoms with E-state index in [4.69, 9.17) is 10.5 Å². The number of ether oxygens (including phenoxy) is 1. The molecular weight excluding hydrogens is 206 g/mol. The maximum Gasteiger partial charge on any atom is 0.240 e. The molecule has 0 aromatic rings. The van der Waals surface area contributed by atoms with E-state index in [1.54, 1.807) is 12.0 Å². The average molecular weight is 229 g/mol. The zero-order valence-electron chi connectivity index (χ0n) is 10.5. The molecule has 0 bridgehead atoms. The van der Waals surface area contributed by atoms with Crippen LogP contribution in [0.15, 0.2) is 0 Å². The summed E-state index contributed by atoms with van der Waals surface area (Å²) in [5, 5.41) is 0. The monoisotopic (exact) mass is 229 g/mol. The summed E-state index contributed by atoms with van der Waals surface area (Å²) >= 11 is 0. The van der Waals surface area contributed by atoms with Crippen molar-refractivity contribution in [3.05, 3.63) is 0 Å². The molecule has 1 heterocycles. The number of carbonyl (C=O) groups excluding carboxylic acids is 1. The minimum absolute atomic E-state index is 0.128. The van der Waals surface area contributed by atoms with Gasteiger partial charge in [-0.1, -0.05) is 6.92 Å². The molecule has 0 aromatic heterocycles. The topological polar surface area (TPSA) is 58.8 Å². The number of carbonyl (C=O) groups is 1. The molecule has 2 N–H and O–H groups in total. The largest absolute Gasteiger partial charge is 0.383 e. The summed E-state index contributed by atoms with van der Waals surface area (Å²) in [5.41, 5.74) is 5.70. The summed E-state index contributed by atoms with van der Waals surface area (Å²) in [5.74, 6) is 0.602. The quantitative estimate of drug-likeness (QED) is 0.697. The molecule has 94 valence electrons. The lowest BCUT2D eigenvalue weighted by Gasteiger charge is -2.28. The Morgan fingerprint density at radius 3 is 2.75 bits per heavy atom. The molecule has 0 spiro atoms. The van der Waals surface area contributed by atoms with Crippen molar-refractivity contribution >= 4 is 5.91 Å². The fraction of sp³-hybridized carbons (Fsp3) is 0.909. The molecule has 1 aliphatic rings. The van der Waals surface area contributed by atoms with Gasteiger partial charge in [-0.3, -0.25) is 9.69 Å². The first-order valence-electron chi connectivity index (χ1n) is 5.78. The Labute approximate surface area is 97.5 Å². The summed E-state index contributed by atoms with van der Waals surface area (Å²) in [7, 11) is 3.52. The van der Waals surface area contributed by atoms with Crippen LogP contribution >= 0.6 is 0 Å². The molecule has 5 nitrogen and oxygen atoms in total. The first-order chi connectivity index (χ1) is 7.60. The van der Waals surface area contributed by atoms with E-state index >= 15 is 0 Å². The predicted molar refractivity (Wildman–Crippen MR) is 63.1 cm³/mol. The Kier molecular flexibility index (Phi) is 5.18. The van der Waals surface area contributed by atoms with E-state index in [0.29, 0.717) is 19.1 Å². The number of methoxy groups -OCH3 is 1. The second kappa shape index (κ2) is 6.18. The van der Waals surface area contributed by atoms with E-state index in [1.807, 2.05) is 7.05 Å². The lowest BCUT2D eigenvalue weighted by Crippen LogP contribution is -2.50. The predicted octanol–water partition coefficient (Wildman–Crippen LogP) is -0.630. The third-order valence-corrected chi connectivity index (χ3v) is 3.04. The van der Waals surface area contributed by atoms with E-state index in [2.05, 4.69) is 11.8 Å². The number of hydrogen-bond donors (Lipinski definition) is 1. The van der Waals surface area contributed by atoms with Crippen LogP contribution in [-0.2, 0) is 9.53 Å². The van der Waals surface area contributed by atoms with Crippen LogP contribution in [0.3, 0.4) is 0 Å². The lowest BCUT2D eigenvalue weighted by molar-refractivity contribution is -0.134. The standard InChI is InChI=1S/C11H23N3O2/c1-9-7-13(2)11(15)10(6-12)14(8-9)4-5-16-3/h9-10H,4-8,12H2,1-3H3. The molecule has 2 atom stereocenters. The molecule has 0 radical (unpaired) electrons. The summed E-state index contributed by atoms with van der Waals surface area (Å²) < 4.78 is 5.07. The number of nitrogens with zero attached hydrogens (tertiary/aromatic N) is 2. The van der Waals surface area contributed by atoms with Crippen molar-refractivity contribution in [3.8, 4) is 0 Å². The summed E-state index contributed by atoms with van der Waals surface area (Å²) in [4.78, 5) is 16.0.